The topological polar surface area (TPSA) is 120 Å². The number of nitrogens with zero attached hydrogens (tertiary/aromatic N) is 2. The fraction of sp³-hybridized carbons (Fsp3) is 0.353. The predicted octanol–water partition coefficient (Wildman–Crippen LogP) is 2.07. The van der Waals surface area contributed by atoms with Crippen molar-refractivity contribution < 1.29 is 19.5 Å². The lowest BCUT2D eigenvalue weighted by atomic mass is 10.1. The van der Waals surface area contributed by atoms with Crippen molar-refractivity contribution >= 4 is 46.1 Å². The third-order valence-electron chi connectivity index (χ3n) is 3.50. The molecule has 1 aliphatic rings. The third kappa shape index (κ3) is 5.41. The average Bonchev–Trinajstić information content (AvgIpc) is 2.92. The van der Waals surface area contributed by atoms with Crippen LogP contribution >= 0.6 is 11.8 Å². The summed E-state index contributed by atoms with van der Waals surface area (Å²) in [7, 11) is 0. The van der Waals surface area contributed by atoms with Gasteiger partial charge < -0.3 is 15.7 Å². The summed E-state index contributed by atoms with van der Waals surface area (Å²) < 4.78 is 0. The molecule has 1 aliphatic heterocycles. The summed E-state index contributed by atoms with van der Waals surface area (Å²) in [6, 6.07) is 7.20. The van der Waals surface area contributed by atoms with E-state index in [2.05, 4.69) is 20.8 Å². The van der Waals surface area contributed by atoms with Crippen molar-refractivity contribution in [3.8, 4) is 0 Å². The first kappa shape index (κ1) is 19.6. The van der Waals surface area contributed by atoms with Crippen LogP contribution in [0.1, 0.15) is 32.8 Å². The van der Waals surface area contributed by atoms with E-state index in [0.29, 0.717) is 11.4 Å². The molecule has 138 valence electrons. The number of benzene rings is 1. The van der Waals surface area contributed by atoms with E-state index in [1.54, 1.807) is 25.1 Å². The van der Waals surface area contributed by atoms with Gasteiger partial charge in [-0.2, -0.15) is 5.10 Å². The number of amides is 2. The minimum atomic E-state index is -1.04. The molecule has 0 unspecified atom stereocenters. The van der Waals surface area contributed by atoms with Crippen LogP contribution in [0.4, 0.5) is 5.69 Å². The molecule has 1 aromatic rings. The van der Waals surface area contributed by atoms with Gasteiger partial charge in [0.1, 0.15) is 5.25 Å². The van der Waals surface area contributed by atoms with Crippen LogP contribution in [0.15, 0.2) is 34.5 Å². The van der Waals surface area contributed by atoms with Gasteiger partial charge >= 0.3 is 5.97 Å². The number of hydrogen-bond acceptors (Lipinski definition) is 6. The minimum absolute atomic E-state index is 0.0773. The Morgan fingerprint density at radius 2 is 2.12 bits per heavy atom. The van der Waals surface area contributed by atoms with Crippen LogP contribution in [-0.2, 0) is 14.4 Å². The van der Waals surface area contributed by atoms with Crippen molar-refractivity contribution in [2.75, 3.05) is 5.32 Å². The molecule has 0 saturated carbocycles. The van der Waals surface area contributed by atoms with E-state index in [4.69, 9.17) is 5.11 Å². The second-order valence-corrected chi connectivity index (χ2v) is 7.20. The molecule has 1 heterocycles. The van der Waals surface area contributed by atoms with Gasteiger partial charge in [0, 0.05) is 11.6 Å². The van der Waals surface area contributed by atoms with E-state index in [-0.39, 0.29) is 29.3 Å². The molecule has 0 aromatic heterocycles. The maximum absolute atomic E-state index is 11.8. The molecular formula is C17H20N4O4S. The van der Waals surface area contributed by atoms with Crippen molar-refractivity contribution in [1.29, 1.82) is 0 Å². The van der Waals surface area contributed by atoms with Crippen LogP contribution in [0.5, 0.6) is 0 Å². The van der Waals surface area contributed by atoms with Crippen LogP contribution < -0.4 is 10.6 Å². The number of hydrogen-bond donors (Lipinski definition) is 3. The Hall–Kier alpha value is -2.68. The zero-order chi connectivity index (χ0) is 19.3. The molecule has 1 saturated heterocycles. The summed E-state index contributed by atoms with van der Waals surface area (Å²) in [5, 5.41) is 21.7. The number of carboxylic acids is 1. The van der Waals surface area contributed by atoms with Gasteiger partial charge in [-0.15, -0.1) is 5.10 Å². The number of amidine groups is 1. The lowest BCUT2D eigenvalue weighted by Crippen LogP contribution is -2.26. The fourth-order valence-corrected chi connectivity index (χ4v) is 2.94. The first-order valence-corrected chi connectivity index (χ1v) is 8.87. The smallest absolute Gasteiger partial charge is 0.305 e. The number of anilines is 1. The summed E-state index contributed by atoms with van der Waals surface area (Å²) in [5.41, 5.74) is 2.02. The summed E-state index contributed by atoms with van der Waals surface area (Å²) >= 11 is 1.04. The Morgan fingerprint density at radius 3 is 2.77 bits per heavy atom. The summed E-state index contributed by atoms with van der Waals surface area (Å²) in [6.45, 7) is 5.38. The maximum Gasteiger partial charge on any atom is 0.305 e. The Kier molecular flexibility index (Phi) is 6.51. The zero-order valence-electron chi connectivity index (χ0n) is 14.6. The molecule has 1 atom stereocenters. The number of carboxylic acid groups (broad SMARTS) is 1. The van der Waals surface area contributed by atoms with Gasteiger partial charge in [0.15, 0.2) is 5.17 Å². The number of thioether (sulfide) groups is 1. The molecule has 9 heteroatoms. The van der Waals surface area contributed by atoms with Gasteiger partial charge in [-0.25, -0.2) is 0 Å². The highest BCUT2D eigenvalue weighted by molar-refractivity contribution is 8.15. The van der Waals surface area contributed by atoms with Gasteiger partial charge in [-0.05, 0) is 24.6 Å². The van der Waals surface area contributed by atoms with Crippen molar-refractivity contribution in [3.63, 3.8) is 0 Å². The van der Waals surface area contributed by atoms with Gasteiger partial charge in [0.25, 0.3) is 0 Å². The number of aliphatic carboxylic acids is 1. The van der Waals surface area contributed by atoms with Gasteiger partial charge in [-0.1, -0.05) is 37.7 Å². The quantitative estimate of drug-likeness (QED) is 0.518. The van der Waals surface area contributed by atoms with Crippen LogP contribution in [0.25, 0.3) is 0 Å². The Balaban J connectivity index is 2.09. The molecule has 0 aliphatic carbocycles. The molecule has 26 heavy (non-hydrogen) atoms. The Bertz CT molecular complexity index is 789. The lowest BCUT2D eigenvalue weighted by Gasteiger charge is -2.09. The number of rotatable bonds is 6. The van der Waals surface area contributed by atoms with Crippen molar-refractivity contribution in [3.05, 3.63) is 29.8 Å². The molecule has 3 N–H and O–H groups in total. The molecular weight excluding hydrogens is 356 g/mol. The second kappa shape index (κ2) is 8.61. The van der Waals surface area contributed by atoms with Gasteiger partial charge in [-0.3, -0.25) is 14.4 Å². The Labute approximate surface area is 155 Å². The highest BCUT2D eigenvalue weighted by Crippen LogP contribution is 2.22. The summed E-state index contributed by atoms with van der Waals surface area (Å²) in [4.78, 5) is 34.2. The average molecular weight is 376 g/mol. The lowest BCUT2D eigenvalue weighted by molar-refractivity contribution is -0.138. The van der Waals surface area contributed by atoms with E-state index in [0.717, 1.165) is 17.3 Å². The van der Waals surface area contributed by atoms with Crippen molar-refractivity contribution in [2.24, 2.45) is 16.1 Å². The monoisotopic (exact) mass is 376 g/mol. The minimum Gasteiger partial charge on any atom is -0.481 e. The van der Waals surface area contributed by atoms with E-state index in [9.17, 15) is 14.4 Å². The van der Waals surface area contributed by atoms with Gasteiger partial charge in [0.05, 0.1) is 12.1 Å². The number of carbonyl (C=O) groups excluding carboxylic acids is 2. The largest absolute Gasteiger partial charge is 0.481 e. The molecule has 0 radical (unpaired) electrons. The number of carbonyl (C=O) groups is 3. The zero-order valence-corrected chi connectivity index (χ0v) is 15.5. The van der Waals surface area contributed by atoms with Gasteiger partial charge in [0.2, 0.25) is 11.8 Å². The van der Waals surface area contributed by atoms with Crippen LogP contribution in [0, 0.1) is 5.92 Å². The molecule has 8 nitrogen and oxygen atoms in total. The van der Waals surface area contributed by atoms with E-state index in [1.807, 2.05) is 19.9 Å². The van der Waals surface area contributed by atoms with Crippen molar-refractivity contribution in [2.45, 2.75) is 32.4 Å². The fourth-order valence-electron chi connectivity index (χ4n) is 2.03. The highest BCUT2D eigenvalue weighted by Gasteiger charge is 2.32. The first-order valence-electron chi connectivity index (χ1n) is 7.99. The molecule has 0 spiro atoms. The maximum atomic E-state index is 11.8. The Morgan fingerprint density at radius 1 is 1.38 bits per heavy atom. The van der Waals surface area contributed by atoms with E-state index in [1.165, 1.54) is 0 Å². The van der Waals surface area contributed by atoms with Crippen LogP contribution in [0.3, 0.4) is 0 Å². The third-order valence-corrected chi connectivity index (χ3v) is 4.57. The van der Waals surface area contributed by atoms with E-state index < -0.39 is 11.2 Å². The predicted molar refractivity (Wildman–Crippen MR) is 101 cm³/mol. The molecule has 1 fully saturated rings. The van der Waals surface area contributed by atoms with Crippen molar-refractivity contribution in [1.82, 2.24) is 5.32 Å². The molecule has 1 aromatic carbocycles. The normalized spacial score (nSPS) is 18.9. The molecule has 2 rings (SSSR count). The SMILES string of the molecule is CC(=NN=C1NC(=O)[C@@H](CC(=O)O)S1)c1cccc(NC(=O)C(C)C)c1. The number of nitrogens with one attached hydrogen (secondary N) is 2. The standard InChI is InChI=1S/C17H20N4O4S/c1-9(2)15(24)18-12-6-4-5-11(7-12)10(3)20-21-17-19-16(25)13(26-17)8-14(22)23/h4-7,9,13H,8H2,1-3H3,(H,18,24)(H,22,23)(H,19,21,25)/t13-/m1/s1. The molecule has 0 bridgehead atoms. The highest BCUT2D eigenvalue weighted by atomic mass is 32.2. The molecule has 2 amide bonds. The summed E-state index contributed by atoms with van der Waals surface area (Å²) in [5.74, 6) is -1.63. The summed E-state index contributed by atoms with van der Waals surface area (Å²) in [6.07, 6.45) is -0.268. The second-order valence-electron chi connectivity index (χ2n) is 6.01. The first-order chi connectivity index (χ1) is 12.3. The van der Waals surface area contributed by atoms with Crippen LogP contribution in [-0.4, -0.2) is 39.0 Å². The van der Waals surface area contributed by atoms with Crippen LogP contribution in [0.2, 0.25) is 0 Å². The van der Waals surface area contributed by atoms with E-state index >= 15 is 0 Å².